The average molecular weight is 1440 g/mol. The first-order valence-electron chi connectivity index (χ1n) is 41.0. The van der Waals surface area contributed by atoms with Crippen molar-refractivity contribution in [2.24, 2.45) is 11.8 Å². The monoisotopic (exact) mass is 1440 g/mol. The van der Waals surface area contributed by atoms with Gasteiger partial charge in [0.1, 0.15) is 19.3 Å². The fourth-order valence-electron chi connectivity index (χ4n) is 12.2. The number of hydrogen-bond donors (Lipinski definition) is 3. The molecule has 0 aromatic carbocycles. The molecule has 0 radical (unpaired) electrons. The number of rotatable bonds is 78. The van der Waals surface area contributed by atoms with Crippen molar-refractivity contribution in [1.82, 2.24) is 0 Å². The molecule has 582 valence electrons. The molecular formula is C79H154O17P2. The van der Waals surface area contributed by atoms with Crippen molar-refractivity contribution in [3.63, 3.8) is 0 Å². The standard InChI is InChI=1S/C79H154O17P2/c1-7-10-12-14-16-17-18-19-20-21-22-23-27-30-33-36-39-43-50-56-62-77(82)90-68-74(95-78(83)63-57-51-44-40-37-34-31-28-25-24-26-29-32-35-38-42-47-53-59-71(4)5)69-93-97(85,86)91-65-73(80)66-92-98(87,88)94-70-75(67-89-76(81)61-55-49-41-15-13-11-8-2)96-79(84)64-58-52-46-45-48-54-60-72(6)9-3/h71-75,80H,7-70H2,1-6H3,(H,85,86)(H,87,88)/t72?,73-,74-,75-/m1/s1. The van der Waals surface area contributed by atoms with E-state index in [2.05, 4.69) is 41.5 Å². The fraction of sp³-hybridized carbons (Fsp3) is 0.949. The Hall–Kier alpha value is -1.94. The van der Waals surface area contributed by atoms with Crippen LogP contribution in [0.5, 0.6) is 0 Å². The molecule has 0 aliphatic heterocycles. The minimum Gasteiger partial charge on any atom is -0.462 e. The lowest BCUT2D eigenvalue weighted by molar-refractivity contribution is -0.161. The normalized spacial score (nSPS) is 14.2. The van der Waals surface area contributed by atoms with E-state index in [0.717, 1.165) is 115 Å². The van der Waals surface area contributed by atoms with Gasteiger partial charge in [-0.15, -0.1) is 0 Å². The van der Waals surface area contributed by atoms with E-state index < -0.39 is 97.5 Å². The molecule has 0 bridgehead atoms. The van der Waals surface area contributed by atoms with Crippen LogP contribution < -0.4 is 0 Å². The smallest absolute Gasteiger partial charge is 0.462 e. The molecule has 0 spiro atoms. The number of aliphatic hydroxyl groups is 1. The Kier molecular flexibility index (Phi) is 69.3. The zero-order valence-electron chi connectivity index (χ0n) is 64.1. The molecule has 98 heavy (non-hydrogen) atoms. The third-order valence-corrected chi connectivity index (χ3v) is 20.7. The van der Waals surface area contributed by atoms with Gasteiger partial charge in [0, 0.05) is 25.7 Å². The summed E-state index contributed by atoms with van der Waals surface area (Å²) in [5.74, 6) is -0.580. The van der Waals surface area contributed by atoms with Gasteiger partial charge in [-0.05, 0) is 37.5 Å². The van der Waals surface area contributed by atoms with Gasteiger partial charge in [-0.1, -0.05) is 363 Å². The van der Waals surface area contributed by atoms with Gasteiger partial charge in [-0.2, -0.15) is 0 Å². The molecule has 0 aromatic rings. The van der Waals surface area contributed by atoms with E-state index in [1.807, 2.05) is 0 Å². The molecule has 0 saturated heterocycles. The Labute approximate surface area is 600 Å². The van der Waals surface area contributed by atoms with E-state index in [1.54, 1.807) is 0 Å². The first-order valence-corrected chi connectivity index (χ1v) is 44.0. The number of esters is 4. The van der Waals surface area contributed by atoms with Crippen LogP contribution in [0.2, 0.25) is 0 Å². The van der Waals surface area contributed by atoms with Gasteiger partial charge in [0.05, 0.1) is 26.4 Å². The quantitative estimate of drug-likeness (QED) is 0.0222. The zero-order chi connectivity index (χ0) is 72.1. The van der Waals surface area contributed by atoms with Gasteiger partial charge in [-0.3, -0.25) is 37.3 Å². The molecular weight excluding hydrogens is 1280 g/mol. The van der Waals surface area contributed by atoms with Crippen LogP contribution in [-0.4, -0.2) is 96.7 Å². The first kappa shape index (κ1) is 96.1. The average Bonchev–Trinajstić information content (AvgIpc) is 1.13. The second-order valence-corrected chi connectivity index (χ2v) is 32.1. The fourth-order valence-corrected chi connectivity index (χ4v) is 13.7. The highest BCUT2D eigenvalue weighted by Crippen LogP contribution is 2.45. The second kappa shape index (κ2) is 70.7. The predicted molar refractivity (Wildman–Crippen MR) is 400 cm³/mol. The Morgan fingerprint density at radius 2 is 0.520 bits per heavy atom. The Morgan fingerprint density at radius 1 is 0.296 bits per heavy atom. The van der Waals surface area contributed by atoms with Gasteiger partial charge in [0.25, 0.3) is 0 Å². The highest BCUT2D eigenvalue weighted by Gasteiger charge is 2.30. The number of carbonyl (C=O) groups is 4. The number of ether oxygens (including phenoxy) is 4. The summed E-state index contributed by atoms with van der Waals surface area (Å²) in [6.45, 7) is 9.55. The number of hydrogen-bond acceptors (Lipinski definition) is 15. The summed E-state index contributed by atoms with van der Waals surface area (Å²) in [6, 6.07) is 0. The molecule has 0 aliphatic carbocycles. The Morgan fingerprint density at radius 3 is 0.776 bits per heavy atom. The van der Waals surface area contributed by atoms with Crippen LogP contribution in [0.25, 0.3) is 0 Å². The lowest BCUT2D eigenvalue weighted by atomic mass is 10.00. The third-order valence-electron chi connectivity index (χ3n) is 18.8. The summed E-state index contributed by atoms with van der Waals surface area (Å²) in [7, 11) is -9.91. The highest BCUT2D eigenvalue weighted by atomic mass is 31.2. The summed E-state index contributed by atoms with van der Waals surface area (Å²) >= 11 is 0. The third kappa shape index (κ3) is 71.1. The van der Waals surface area contributed by atoms with Crippen LogP contribution in [0.15, 0.2) is 0 Å². The number of aliphatic hydroxyl groups excluding tert-OH is 1. The van der Waals surface area contributed by atoms with Gasteiger partial charge >= 0.3 is 39.5 Å². The van der Waals surface area contributed by atoms with Crippen molar-refractivity contribution in [3.8, 4) is 0 Å². The van der Waals surface area contributed by atoms with E-state index in [4.69, 9.17) is 37.0 Å². The molecule has 0 rings (SSSR count). The van der Waals surface area contributed by atoms with Crippen LogP contribution >= 0.6 is 15.6 Å². The van der Waals surface area contributed by atoms with Gasteiger partial charge in [-0.25, -0.2) is 9.13 Å². The zero-order valence-corrected chi connectivity index (χ0v) is 65.9. The summed E-state index contributed by atoms with van der Waals surface area (Å²) < 4.78 is 68.4. The maximum atomic E-state index is 13.1. The minimum atomic E-state index is -4.96. The predicted octanol–water partition coefficient (Wildman–Crippen LogP) is 23.5. The minimum absolute atomic E-state index is 0.103. The summed E-state index contributed by atoms with van der Waals surface area (Å²) in [4.78, 5) is 72.7. The number of phosphoric ester groups is 2. The van der Waals surface area contributed by atoms with Crippen molar-refractivity contribution < 1.29 is 80.2 Å². The second-order valence-electron chi connectivity index (χ2n) is 29.2. The highest BCUT2D eigenvalue weighted by molar-refractivity contribution is 7.47. The van der Waals surface area contributed by atoms with Crippen LogP contribution in [0.4, 0.5) is 0 Å². The van der Waals surface area contributed by atoms with Gasteiger partial charge in [0.2, 0.25) is 0 Å². The van der Waals surface area contributed by atoms with Crippen molar-refractivity contribution in [2.75, 3.05) is 39.6 Å². The maximum absolute atomic E-state index is 13.1. The molecule has 0 amide bonds. The molecule has 0 fully saturated rings. The molecule has 0 saturated carbocycles. The molecule has 3 N–H and O–H groups in total. The van der Waals surface area contributed by atoms with Crippen molar-refractivity contribution >= 4 is 39.5 Å². The van der Waals surface area contributed by atoms with Crippen LogP contribution in [0.1, 0.15) is 414 Å². The number of phosphoric acid groups is 2. The van der Waals surface area contributed by atoms with Crippen LogP contribution in [0, 0.1) is 11.8 Å². The lowest BCUT2D eigenvalue weighted by Crippen LogP contribution is -2.30. The van der Waals surface area contributed by atoms with Crippen molar-refractivity contribution in [1.29, 1.82) is 0 Å². The number of carbonyl (C=O) groups excluding carboxylic acids is 4. The molecule has 0 aromatic heterocycles. The Balaban J connectivity index is 5.14. The first-order chi connectivity index (χ1) is 47.4. The van der Waals surface area contributed by atoms with E-state index in [9.17, 15) is 43.2 Å². The van der Waals surface area contributed by atoms with Crippen molar-refractivity contribution in [2.45, 2.75) is 432 Å². The van der Waals surface area contributed by atoms with E-state index in [0.29, 0.717) is 25.7 Å². The molecule has 0 heterocycles. The molecule has 0 aliphatic rings. The van der Waals surface area contributed by atoms with Gasteiger partial charge in [0.15, 0.2) is 12.2 Å². The SMILES string of the molecule is CCCCCCCCCCCCCCCCCCCCCCC(=O)OC[C@H](COP(=O)(O)OC[C@@H](O)COP(=O)(O)OC[C@@H](COC(=O)CCCCCCCCC)OC(=O)CCCCCCCCC(C)CC)OC(=O)CCCCCCCCCCCCCCCCCCCCC(C)C. The van der Waals surface area contributed by atoms with E-state index in [1.165, 1.54) is 218 Å². The van der Waals surface area contributed by atoms with Crippen LogP contribution in [0.3, 0.4) is 0 Å². The lowest BCUT2D eigenvalue weighted by Gasteiger charge is -2.21. The summed E-state index contributed by atoms with van der Waals surface area (Å²) in [5.41, 5.74) is 0. The molecule has 17 nitrogen and oxygen atoms in total. The maximum Gasteiger partial charge on any atom is 0.472 e. The molecule has 3 unspecified atom stereocenters. The summed E-state index contributed by atoms with van der Waals surface area (Å²) in [5, 5.41) is 10.6. The van der Waals surface area contributed by atoms with E-state index in [-0.39, 0.29) is 25.7 Å². The summed E-state index contributed by atoms with van der Waals surface area (Å²) in [6.07, 6.45) is 60.1. The molecule has 19 heteroatoms. The Bertz CT molecular complexity index is 1890. The van der Waals surface area contributed by atoms with E-state index >= 15 is 0 Å². The number of unbranched alkanes of at least 4 members (excludes halogenated alkanes) is 47. The van der Waals surface area contributed by atoms with Crippen LogP contribution in [-0.2, 0) is 65.4 Å². The largest absolute Gasteiger partial charge is 0.472 e. The topological polar surface area (TPSA) is 237 Å². The van der Waals surface area contributed by atoms with Gasteiger partial charge < -0.3 is 33.8 Å². The molecule has 6 atom stereocenters. The van der Waals surface area contributed by atoms with Crippen molar-refractivity contribution in [3.05, 3.63) is 0 Å².